The number of aliphatic hydroxyl groups excluding tert-OH is 1. The predicted molar refractivity (Wildman–Crippen MR) is 113 cm³/mol. The van der Waals surface area contributed by atoms with Gasteiger partial charge in [-0.15, -0.1) is 0 Å². The fourth-order valence-corrected chi connectivity index (χ4v) is 4.53. The number of hydrogen-bond donors (Lipinski definition) is 1. The summed E-state index contributed by atoms with van der Waals surface area (Å²) in [5.74, 6) is 1.56. The van der Waals surface area contributed by atoms with Crippen LogP contribution >= 0.6 is 0 Å². The average molecular weight is 357 g/mol. The van der Waals surface area contributed by atoms with Crippen molar-refractivity contribution in [1.29, 1.82) is 0 Å². The third-order valence-electron chi connectivity index (χ3n) is 5.57. The molecule has 0 aromatic carbocycles. The predicted octanol–water partition coefficient (Wildman–Crippen LogP) is 6.13. The Morgan fingerprint density at radius 2 is 1.08 bits per heavy atom. The first-order valence-corrected chi connectivity index (χ1v) is 10.6. The minimum Gasteiger partial charge on any atom is -0.391 e. The van der Waals surface area contributed by atoms with Crippen molar-refractivity contribution in [3.05, 3.63) is 0 Å². The largest absolute Gasteiger partial charge is 0.391 e. The van der Waals surface area contributed by atoms with Crippen molar-refractivity contribution in [2.75, 3.05) is 27.2 Å². The highest BCUT2D eigenvalue weighted by molar-refractivity contribution is 4.71. The van der Waals surface area contributed by atoms with E-state index in [9.17, 15) is 5.11 Å². The molecule has 0 aliphatic rings. The van der Waals surface area contributed by atoms with E-state index in [2.05, 4.69) is 69.5 Å². The monoisotopic (exact) mass is 356 g/mol. The van der Waals surface area contributed by atoms with Crippen LogP contribution in [0.1, 0.15) is 93.9 Å². The summed E-state index contributed by atoms with van der Waals surface area (Å²) in [5, 5.41) is 9.50. The van der Waals surface area contributed by atoms with Crippen LogP contribution in [0.4, 0.5) is 0 Å². The van der Waals surface area contributed by atoms with Crippen LogP contribution in [0, 0.1) is 22.7 Å². The Hall–Kier alpha value is -0.0800. The van der Waals surface area contributed by atoms with E-state index in [4.69, 9.17) is 0 Å². The van der Waals surface area contributed by atoms with Gasteiger partial charge in [0.1, 0.15) is 6.54 Å². The third kappa shape index (κ3) is 12.8. The molecule has 0 saturated heterocycles. The van der Waals surface area contributed by atoms with Crippen molar-refractivity contribution in [2.45, 2.75) is 100.0 Å². The molecule has 152 valence electrons. The van der Waals surface area contributed by atoms with Gasteiger partial charge < -0.3 is 9.59 Å². The van der Waals surface area contributed by atoms with Gasteiger partial charge in [0.05, 0.1) is 26.7 Å². The molecule has 0 fully saturated rings. The summed E-state index contributed by atoms with van der Waals surface area (Å²) in [6.07, 6.45) is 7.78. The first-order chi connectivity index (χ1) is 11.2. The molecule has 0 heterocycles. The van der Waals surface area contributed by atoms with Crippen molar-refractivity contribution in [2.24, 2.45) is 22.7 Å². The second-order valence-corrected chi connectivity index (χ2v) is 11.8. The fourth-order valence-electron chi connectivity index (χ4n) is 4.53. The molecule has 0 saturated carbocycles. The van der Waals surface area contributed by atoms with E-state index in [1.165, 1.54) is 38.5 Å². The first-order valence-electron chi connectivity index (χ1n) is 10.6. The van der Waals surface area contributed by atoms with Gasteiger partial charge in [0.15, 0.2) is 0 Å². The zero-order valence-electron chi connectivity index (χ0n) is 19.3. The maximum absolute atomic E-state index is 9.50. The van der Waals surface area contributed by atoms with E-state index >= 15 is 0 Å². The number of rotatable bonds is 11. The molecule has 0 amide bonds. The van der Waals surface area contributed by atoms with Crippen LogP contribution in [0.5, 0.6) is 0 Å². The SMILES string of the molecule is CC(CCC(CCC(C)CC(C)(C)C)[N+](C)(C)CCO)CC(C)(C)C. The summed E-state index contributed by atoms with van der Waals surface area (Å²) >= 11 is 0. The normalized spacial score (nSPS) is 17.4. The van der Waals surface area contributed by atoms with Crippen LogP contribution in [-0.4, -0.2) is 42.9 Å². The van der Waals surface area contributed by atoms with Crippen LogP contribution in [0.2, 0.25) is 0 Å². The van der Waals surface area contributed by atoms with Gasteiger partial charge in [0, 0.05) is 0 Å². The van der Waals surface area contributed by atoms with Gasteiger partial charge >= 0.3 is 0 Å². The number of nitrogens with zero attached hydrogens (tertiary/aromatic N) is 1. The van der Waals surface area contributed by atoms with Crippen molar-refractivity contribution in [3.63, 3.8) is 0 Å². The molecule has 1 N–H and O–H groups in total. The molecule has 2 unspecified atom stereocenters. The van der Waals surface area contributed by atoms with E-state index in [-0.39, 0.29) is 0 Å². The summed E-state index contributed by atoms with van der Waals surface area (Å²) in [6.45, 7) is 20.1. The Balaban J connectivity index is 4.72. The Morgan fingerprint density at radius 1 is 0.720 bits per heavy atom. The molecule has 2 nitrogen and oxygen atoms in total. The van der Waals surface area contributed by atoms with Crippen LogP contribution in [0.3, 0.4) is 0 Å². The van der Waals surface area contributed by atoms with E-state index in [1.54, 1.807) is 0 Å². The summed E-state index contributed by atoms with van der Waals surface area (Å²) in [5.41, 5.74) is 0.844. The summed E-state index contributed by atoms with van der Waals surface area (Å²) in [4.78, 5) is 0. The average Bonchev–Trinajstić information content (AvgIpc) is 2.33. The molecule has 2 heteroatoms. The smallest absolute Gasteiger partial charge is 0.102 e. The summed E-state index contributed by atoms with van der Waals surface area (Å²) in [6, 6.07) is 0.664. The molecule has 0 aromatic rings. The van der Waals surface area contributed by atoms with E-state index in [0.29, 0.717) is 23.5 Å². The van der Waals surface area contributed by atoms with Gasteiger partial charge in [-0.25, -0.2) is 0 Å². The molecule has 0 aromatic heterocycles. The topological polar surface area (TPSA) is 20.2 Å². The van der Waals surface area contributed by atoms with E-state index in [0.717, 1.165) is 22.9 Å². The van der Waals surface area contributed by atoms with Gasteiger partial charge in [-0.3, -0.25) is 0 Å². The lowest BCUT2D eigenvalue weighted by Gasteiger charge is -2.39. The lowest BCUT2D eigenvalue weighted by atomic mass is 9.81. The van der Waals surface area contributed by atoms with E-state index < -0.39 is 0 Å². The van der Waals surface area contributed by atoms with E-state index in [1.807, 2.05) is 0 Å². The standard InChI is InChI=1S/C23H50NO/c1-19(17-22(3,4)5)11-13-21(24(9,10)15-16-25)14-12-20(2)18-23(6,7)8/h19-21,25H,11-18H2,1-10H3/q+1. The summed E-state index contributed by atoms with van der Waals surface area (Å²) < 4.78 is 0.959. The quantitative estimate of drug-likeness (QED) is 0.442. The zero-order valence-corrected chi connectivity index (χ0v) is 19.3. The molecule has 0 aliphatic heterocycles. The number of likely N-dealkylation sites (N-methyl/N-ethyl adjacent to an activating group) is 1. The van der Waals surface area contributed by atoms with Crippen LogP contribution in [-0.2, 0) is 0 Å². The first kappa shape index (κ1) is 24.9. The maximum Gasteiger partial charge on any atom is 0.102 e. The van der Waals surface area contributed by atoms with Crippen molar-refractivity contribution < 1.29 is 9.59 Å². The number of quaternary nitrogens is 1. The van der Waals surface area contributed by atoms with Gasteiger partial charge in [0.2, 0.25) is 0 Å². The Labute approximate surface area is 160 Å². The molecular formula is C23H50NO+. The van der Waals surface area contributed by atoms with Crippen LogP contribution in [0.15, 0.2) is 0 Å². The van der Waals surface area contributed by atoms with Crippen molar-refractivity contribution in [1.82, 2.24) is 0 Å². The lowest BCUT2D eigenvalue weighted by molar-refractivity contribution is -0.916. The van der Waals surface area contributed by atoms with Gasteiger partial charge in [-0.05, 0) is 61.2 Å². The van der Waals surface area contributed by atoms with Gasteiger partial charge in [0.25, 0.3) is 0 Å². The van der Waals surface area contributed by atoms with Gasteiger partial charge in [-0.2, -0.15) is 0 Å². The van der Waals surface area contributed by atoms with Crippen LogP contribution < -0.4 is 0 Å². The highest BCUT2D eigenvalue weighted by Crippen LogP contribution is 2.31. The molecule has 25 heavy (non-hydrogen) atoms. The highest BCUT2D eigenvalue weighted by atomic mass is 16.3. The molecule has 0 rings (SSSR count). The Bertz CT molecular complexity index is 322. The Kier molecular flexibility index (Phi) is 10.3. The zero-order chi connectivity index (χ0) is 19.9. The molecule has 0 radical (unpaired) electrons. The maximum atomic E-state index is 9.50. The second-order valence-electron chi connectivity index (χ2n) is 11.8. The Morgan fingerprint density at radius 3 is 1.36 bits per heavy atom. The number of aliphatic hydroxyl groups is 1. The van der Waals surface area contributed by atoms with Crippen molar-refractivity contribution >= 4 is 0 Å². The minimum atomic E-state index is 0.290. The third-order valence-corrected chi connectivity index (χ3v) is 5.57. The minimum absolute atomic E-state index is 0.290. The molecule has 0 aliphatic carbocycles. The van der Waals surface area contributed by atoms with Crippen molar-refractivity contribution in [3.8, 4) is 0 Å². The summed E-state index contributed by atoms with van der Waals surface area (Å²) in [7, 11) is 4.62. The van der Waals surface area contributed by atoms with Crippen LogP contribution in [0.25, 0.3) is 0 Å². The molecule has 0 spiro atoms. The fraction of sp³-hybridized carbons (Fsp3) is 1.00. The second kappa shape index (κ2) is 10.3. The van der Waals surface area contributed by atoms with Gasteiger partial charge in [-0.1, -0.05) is 55.4 Å². The molecule has 2 atom stereocenters. The highest BCUT2D eigenvalue weighted by Gasteiger charge is 2.29. The molecule has 0 bridgehead atoms. The number of hydrogen-bond acceptors (Lipinski definition) is 1. The molecular weight excluding hydrogens is 306 g/mol. The lowest BCUT2D eigenvalue weighted by Crippen LogP contribution is -2.50.